The molecule has 2 atom stereocenters. The Kier molecular flexibility index (Phi) is 4.94. The Morgan fingerprint density at radius 1 is 1.12 bits per heavy atom. The van der Waals surface area contributed by atoms with Gasteiger partial charge in [-0.05, 0) is 43.5 Å². The topological polar surface area (TPSA) is 77.9 Å². The van der Waals surface area contributed by atoms with Crippen LogP contribution in [0.3, 0.4) is 0 Å². The quantitative estimate of drug-likeness (QED) is 0.895. The van der Waals surface area contributed by atoms with Crippen molar-refractivity contribution in [2.45, 2.75) is 55.6 Å². The van der Waals surface area contributed by atoms with Crippen molar-refractivity contribution in [3.05, 3.63) is 24.3 Å². The molecule has 132 valence electrons. The van der Waals surface area contributed by atoms with Crippen molar-refractivity contribution < 1.29 is 18.3 Å². The van der Waals surface area contributed by atoms with Gasteiger partial charge in [-0.15, -0.1) is 0 Å². The third-order valence-electron chi connectivity index (χ3n) is 5.06. The van der Waals surface area contributed by atoms with E-state index in [0.29, 0.717) is 25.8 Å². The van der Waals surface area contributed by atoms with Crippen molar-refractivity contribution in [2.75, 3.05) is 18.5 Å². The number of likely N-dealkylation sites (N-methyl/N-ethyl adjacent to an activating group) is 1. The summed E-state index contributed by atoms with van der Waals surface area (Å²) in [4.78, 5) is 13.7. The summed E-state index contributed by atoms with van der Waals surface area (Å²) in [5.41, 5.74) is 0.733. The number of hydrogen-bond donors (Lipinski definition) is 1. The number of carbonyl (C=O) groups excluding carboxylic acids is 1. The molecule has 24 heavy (non-hydrogen) atoms. The van der Waals surface area contributed by atoms with Crippen molar-refractivity contribution >= 4 is 21.6 Å². The van der Waals surface area contributed by atoms with Crippen LogP contribution in [0.25, 0.3) is 0 Å². The first-order chi connectivity index (χ1) is 11.4. The summed E-state index contributed by atoms with van der Waals surface area (Å²) < 4.78 is 26.9. The second kappa shape index (κ2) is 6.82. The maximum absolute atomic E-state index is 12.8. The number of nitrogens with zero attached hydrogens (tertiary/aromatic N) is 2. The average molecular weight is 352 g/mol. The van der Waals surface area contributed by atoms with Gasteiger partial charge in [0.15, 0.2) is 0 Å². The van der Waals surface area contributed by atoms with E-state index in [1.807, 2.05) is 0 Å². The molecule has 2 aliphatic rings. The number of anilines is 1. The monoisotopic (exact) mass is 352 g/mol. The van der Waals surface area contributed by atoms with E-state index in [4.69, 9.17) is 0 Å². The van der Waals surface area contributed by atoms with Crippen LogP contribution in [-0.2, 0) is 14.8 Å². The first-order valence-corrected chi connectivity index (χ1v) is 9.92. The minimum Gasteiger partial charge on any atom is -0.391 e. The largest absolute Gasteiger partial charge is 0.391 e. The lowest BCUT2D eigenvalue weighted by molar-refractivity contribution is -0.117. The van der Waals surface area contributed by atoms with Gasteiger partial charge in [0.1, 0.15) is 0 Å². The zero-order valence-electron chi connectivity index (χ0n) is 13.9. The SMILES string of the molecule is CN([C@@H]1CCCC[C@H]1O)S(=O)(=O)c1ccc(N2CCCC2=O)cc1. The summed E-state index contributed by atoms with van der Waals surface area (Å²) in [6.45, 7) is 0.680. The minimum atomic E-state index is -3.66. The molecule has 6 nitrogen and oxygen atoms in total. The van der Waals surface area contributed by atoms with Crippen molar-refractivity contribution in [1.29, 1.82) is 0 Å². The highest BCUT2D eigenvalue weighted by molar-refractivity contribution is 7.89. The predicted molar refractivity (Wildman–Crippen MR) is 91.2 cm³/mol. The van der Waals surface area contributed by atoms with Crippen LogP contribution in [0.5, 0.6) is 0 Å². The molecule has 2 fully saturated rings. The molecule has 1 aromatic rings. The first-order valence-electron chi connectivity index (χ1n) is 8.48. The molecule has 3 rings (SSSR count). The number of aliphatic hydroxyl groups is 1. The standard InChI is InChI=1S/C17H24N2O4S/c1-18(15-5-2-3-6-16(15)20)24(22,23)14-10-8-13(9-11-14)19-12-4-7-17(19)21/h8-11,15-16,20H,2-7,12H2,1H3/t15-,16-/m1/s1. The van der Waals surface area contributed by atoms with Gasteiger partial charge < -0.3 is 10.0 Å². The Bertz CT molecular complexity index is 702. The van der Waals surface area contributed by atoms with Gasteiger partial charge in [-0.2, -0.15) is 4.31 Å². The van der Waals surface area contributed by atoms with Crippen molar-refractivity contribution in [3.63, 3.8) is 0 Å². The lowest BCUT2D eigenvalue weighted by Crippen LogP contribution is -2.46. The molecule has 1 amide bonds. The van der Waals surface area contributed by atoms with Crippen LogP contribution in [0.4, 0.5) is 5.69 Å². The Labute approximate surface area is 143 Å². The fourth-order valence-electron chi connectivity index (χ4n) is 3.58. The predicted octanol–water partition coefficient (Wildman–Crippen LogP) is 1.74. The van der Waals surface area contributed by atoms with E-state index >= 15 is 0 Å². The average Bonchev–Trinajstić information content (AvgIpc) is 3.01. The fraction of sp³-hybridized carbons (Fsp3) is 0.588. The summed E-state index contributed by atoms with van der Waals surface area (Å²) in [5.74, 6) is 0.0769. The van der Waals surface area contributed by atoms with Crippen molar-refractivity contribution in [3.8, 4) is 0 Å². The molecule has 0 bridgehead atoms. The molecule has 1 aliphatic heterocycles. The molecule has 0 aromatic heterocycles. The van der Waals surface area contributed by atoms with E-state index in [1.54, 1.807) is 29.2 Å². The lowest BCUT2D eigenvalue weighted by Gasteiger charge is -2.34. The number of benzene rings is 1. The van der Waals surface area contributed by atoms with Gasteiger partial charge in [-0.1, -0.05) is 12.8 Å². The maximum atomic E-state index is 12.8. The molecule has 0 radical (unpaired) electrons. The van der Waals surface area contributed by atoms with Gasteiger partial charge in [0.2, 0.25) is 15.9 Å². The summed E-state index contributed by atoms with van der Waals surface area (Å²) in [7, 11) is -2.12. The molecule has 1 aliphatic carbocycles. The molecular formula is C17H24N2O4S. The zero-order valence-corrected chi connectivity index (χ0v) is 14.7. The number of aliphatic hydroxyl groups excluding tert-OH is 1. The lowest BCUT2D eigenvalue weighted by atomic mass is 9.93. The zero-order chi connectivity index (χ0) is 17.3. The normalized spacial score (nSPS) is 25.5. The molecule has 1 N–H and O–H groups in total. The third kappa shape index (κ3) is 3.20. The van der Waals surface area contributed by atoms with Crippen LogP contribution >= 0.6 is 0 Å². The van der Waals surface area contributed by atoms with Crippen LogP contribution in [0.15, 0.2) is 29.2 Å². The summed E-state index contributed by atoms with van der Waals surface area (Å²) in [5, 5.41) is 10.1. The molecule has 7 heteroatoms. The van der Waals surface area contributed by atoms with E-state index in [9.17, 15) is 18.3 Å². The fourth-order valence-corrected chi connectivity index (χ4v) is 4.99. The molecule has 0 unspecified atom stereocenters. The highest BCUT2D eigenvalue weighted by Gasteiger charge is 2.34. The van der Waals surface area contributed by atoms with E-state index in [-0.39, 0.29) is 16.8 Å². The van der Waals surface area contributed by atoms with Crippen LogP contribution in [0, 0.1) is 0 Å². The van der Waals surface area contributed by atoms with Crippen molar-refractivity contribution in [1.82, 2.24) is 4.31 Å². The van der Waals surface area contributed by atoms with Gasteiger partial charge in [0, 0.05) is 25.7 Å². The Morgan fingerprint density at radius 2 is 1.79 bits per heavy atom. The third-order valence-corrected chi connectivity index (χ3v) is 6.96. The second-order valence-corrected chi connectivity index (χ2v) is 8.58. The van der Waals surface area contributed by atoms with Gasteiger partial charge in [0.05, 0.1) is 17.0 Å². The van der Waals surface area contributed by atoms with Crippen molar-refractivity contribution in [2.24, 2.45) is 0 Å². The second-order valence-electron chi connectivity index (χ2n) is 6.58. The summed E-state index contributed by atoms with van der Waals surface area (Å²) in [6.07, 6.45) is 3.95. The molecular weight excluding hydrogens is 328 g/mol. The number of hydrogen-bond acceptors (Lipinski definition) is 4. The van der Waals surface area contributed by atoms with E-state index in [0.717, 1.165) is 24.9 Å². The molecule has 1 aromatic carbocycles. The number of rotatable bonds is 4. The Hall–Kier alpha value is -1.44. The van der Waals surface area contributed by atoms with Crippen LogP contribution in [-0.4, -0.2) is 49.5 Å². The molecule has 0 spiro atoms. The smallest absolute Gasteiger partial charge is 0.243 e. The highest BCUT2D eigenvalue weighted by Crippen LogP contribution is 2.28. The molecule has 1 heterocycles. The summed E-state index contributed by atoms with van der Waals surface area (Å²) in [6, 6.07) is 6.08. The van der Waals surface area contributed by atoms with Crippen LogP contribution < -0.4 is 4.90 Å². The summed E-state index contributed by atoms with van der Waals surface area (Å²) >= 11 is 0. The van der Waals surface area contributed by atoms with Crippen LogP contribution in [0.1, 0.15) is 38.5 Å². The van der Waals surface area contributed by atoms with Gasteiger partial charge in [-0.25, -0.2) is 8.42 Å². The first kappa shape index (κ1) is 17.4. The number of sulfonamides is 1. The van der Waals surface area contributed by atoms with E-state index < -0.39 is 16.1 Å². The van der Waals surface area contributed by atoms with Gasteiger partial charge >= 0.3 is 0 Å². The molecule has 1 saturated carbocycles. The van der Waals surface area contributed by atoms with E-state index in [2.05, 4.69) is 0 Å². The number of carbonyl (C=O) groups is 1. The number of amides is 1. The Morgan fingerprint density at radius 3 is 2.38 bits per heavy atom. The van der Waals surface area contributed by atoms with Gasteiger partial charge in [0.25, 0.3) is 0 Å². The Balaban J connectivity index is 1.80. The van der Waals surface area contributed by atoms with Gasteiger partial charge in [-0.3, -0.25) is 4.79 Å². The minimum absolute atomic E-state index is 0.0769. The highest BCUT2D eigenvalue weighted by atomic mass is 32.2. The maximum Gasteiger partial charge on any atom is 0.243 e. The molecule has 1 saturated heterocycles. The van der Waals surface area contributed by atoms with Crippen LogP contribution in [0.2, 0.25) is 0 Å². The van der Waals surface area contributed by atoms with E-state index in [1.165, 1.54) is 11.4 Å².